The fourth-order valence-electron chi connectivity index (χ4n) is 2.94. The van der Waals surface area contributed by atoms with Crippen molar-refractivity contribution in [2.75, 3.05) is 53.0 Å². The van der Waals surface area contributed by atoms with Gasteiger partial charge in [-0.25, -0.2) is 4.79 Å². The molecule has 0 radical (unpaired) electrons. The molecule has 0 saturated carbocycles. The highest BCUT2D eigenvalue weighted by Crippen LogP contribution is 2.13. The molecule has 0 aliphatic carbocycles. The van der Waals surface area contributed by atoms with Crippen LogP contribution in [-0.2, 0) is 9.47 Å². The summed E-state index contributed by atoms with van der Waals surface area (Å²) < 4.78 is 10.7. The molecule has 1 unspecified atom stereocenters. The van der Waals surface area contributed by atoms with Gasteiger partial charge in [0.05, 0.1) is 13.2 Å². The highest BCUT2D eigenvalue weighted by atomic mass is 16.6. The predicted octanol–water partition coefficient (Wildman–Crippen LogP) is 1.42. The van der Waals surface area contributed by atoms with Crippen LogP contribution in [-0.4, -0.2) is 81.6 Å². The molecule has 1 fully saturated rings. The lowest BCUT2D eigenvalue weighted by Crippen LogP contribution is -2.51. The van der Waals surface area contributed by atoms with Crippen molar-refractivity contribution in [3.05, 3.63) is 0 Å². The second-order valence-electron chi connectivity index (χ2n) is 8.24. The van der Waals surface area contributed by atoms with Crippen molar-refractivity contribution in [2.45, 2.75) is 52.7 Å². The summed E-state index contributed by atoms with van der Waals surface area (Å²) in [5, 5.41) is 9.37. The lowest BCUT2D eigenvalue weighted by molar-refractivity contribution is 0.0132. The zero-order chi connectivity index (χ0) is 20.3. The number of hydrogen-bond donors (Lipinski definition) is 3. The first-order valence-corrected chi connectivity index (χ1v) is 9.94. The van der Waals surface area contributed by atoms with Gasteiger partial charge in [-0.3, -0.25) is 9.89 Å². The predicted molar refractivity (Wildman–Crippen MR) is 109 cm³/mol. The number of morpholine rings is 1. The molecule has 0 aromatic carbocycles. The Hall–Kier alpha value is -1.54. The van der Waals surface area contributed by atoms with E-state index in [-0.39, 0.29) is 0 Å². The fraction of sp³-hybridized carbons (Fsp3) is 0.895. The van der Waals surface area contributed by atoms with Crippen LogP contribution in [0.3, 0.4) is 0 Å². The van der Waals surface area contributed by atoms with Gasteiger partial charge in [0, 0.05) is 45.8 Å². The van der Waals surface area contributed by atoms with Crippen LogP contribution in [0.2, 0.25) is 0 Å². The van der Waals surface area contributed by atoms with Crippen LogP contribution in [0.15, 0.2) is 4.99 Å². The van der Waals surface area contributed by atoms with Gasteiger partial charge in [0.2, 0.25) is 0 Å². The summed E-state index contributed by atoms with van der Waals surface area (Å²) in [5.41, 5.74) is -0.486. The number of alkyl carbamates (subject to hydrolysis) is 1. The normalized spacial score (nSPS) is 17.5. The first-order chi connectivity index (χ1) is 12.7. The number of hydrogen-bond acceptors (Lipinski definition) is 5. The smallest absolute Gasteiger partial charge is 0.407 e. The first kappa shape index (κ1) is 23.5. The number of rotatable bonds is 8. The van der Waals surface area contributed by atoms with Crippen LogP contribution in [0, 0.1) is 5.92 Å². The van der Waals surface area contributed by atoms with Crippen molar-refractivity contribution in [3.8, 4) is 0 Å². The van der Waals surface area contributed by atoms with Gasteiger partial charge in [0.15, 0.2) is 5.96 Å². The quantitative estimate of drug-likeness (QED) is 0.333. The van der Waals surface area contributed by atoms with E-state index in [2.05, 4.69) is 39.7 Å². The van der Waals surface area contributed by atoms with E-state index in [1.807, 2.05) is 20.8 Å². The summed E-state index contributed by atoms with van der Waals surface area (Å²) in [6.07, 6.45) is 0.723. The third-order valence-electron chi connectivity index (χ3n) is 4.12. The second kappa shape index (κ2) is 12.0. The average Bonchev–Trinajstić information content (AvgIpc) is 2.59. The Labute approximate surface area is 164 Å². The number of carbonyl (C=O) groups excluding carboxylic acids is 1. The molecule has 0 aromatic rings. The van der Waals surface area contributed by atoms with Gasteiger partial charge in [0.25, 0.3) is 0 Å². The van der Waals surface area contributed by atoms with Gasteiger partial charge in [-0.1, -0.05) is 13.8 Å². The minimum absolute atomic E-state index is 0.406. The topological polar surface area (TPSA) is 87.2 Å². The van der Waals surface area contributed by atoms with Crippen LogP contribution in [0.1, 0.15) is 41.0 Å². The summed E-state index contributed by atoms with van der Waals surface area (Å²) in [6.45, 7) is 15.5. The van der Waals surface area contributed by atoms with Gasteiger partial charge < -0.3 is 25.4 Å². The Kier molecular flexibility index (Phi) is 10.5. The van der Waals surface area contributed by atoms with E-state index in [1.54, 1.807) is 7.05 Å². The van der Waals surface area contributed by atoms with E-state index in [4.69, 9.17) is 9.47 Å². The van der Waals surface area contributed by atoms with Crippen molar-refractivity contribution in [1.82, 2.24) is 20.9 Å². The van der Waals surface area contributed by atoms with E-state index in [0.717, 1.165) is 45.2 Å². The minimum Gasteiger partial charge on any atom is -0.444 e. The van der Waals surface area contributed by atoms with Crippen molar-refractivity contribution in [3.63, 3.8) is 0 Å². The molecule has 0 aromatic heterocycles. The molecule has 1 aliphatic rings. The molecule has 0 bridgehead atoms. The Bertz CT molecular complexity index is 457. The summed E-state index contributed by atoms with van der Waals surface area (Å²) in [7, 11) is 1.75. The number of ether oxygens (including phenoxy) is 2. The molecular formula is C19H39N5O3. The maximum Gasteiger partial charge on any atom is 0.407 e. The van der Waals surface area contributed by atoms with Crippen LogP contribution in [0.5, 0.6) is 0 Å². The summed E-state index contributed by atoms with van der Waals surface area (Å²) in [5.74, 6) is 1.37. The second-order valence-corrected chi connectivity index (χ2v) is 8.24. The van der Waals surface area contributed by atoms with E-state index in [9.17, 15) is 4.79 Å². The van der Waals surface area contributed by atoms with Crippen molar-refractivity contribution in [2.24, 2.45) is 10.9 Å². The monoisotopic (exact) mass is 385 g/mol. The SMILES string of the molecule is CN=C(NCCNC(=O)OC(C)(C)C)NCC(CC(C)C)N1CCOCC1. The van der Waals surface area contributed by atoms with Crippen LogP contribution in [0.25, 0.3) is 0 Å². The van der Waals surface area contributed by atoms with E-state index >= 15 is 0 Å². The molecular weight excluding hydrogens is 346 g/mol. The van der Waals surface area contributed by atoms with Crippen LogP contribution < -0.4 is 16.0 Å². The molecule has 27 heavy (non-hydrogen) atoms. The van der Waals surface area contributed by atoms with Gasteiger partial charge >= 0.3 is 6.09 Å². The molecule has 1 saturated heterocycles. The Balaban J connectivity index is 2.35. The third kappa shape index (κ3) is 11.0. The van der Waals surface area contributed by atoms with E-state index in [1.165, 1.54) is 0 Å². The van der Waals surface area contributed by atoms with Crippen molar-refractivity contribution >= 4 is 12.1 Å². The molecule has 0 spiro atoms. The molecule has 1 heterocycles. The highest BCUT2D eigenvalue weighted by molar-refractivity contribution is 5.79. The number of carbonyl (C=O) groups is 1. The summed E-state index contributed by atoms with van der Waals surface area (Å²) in [4.78, 5) is 18.4. The van der Waals surface area contributed by atoms with Gasteiger partial charge in [-0.2, -0.15) is 0 Å². The number of nitrogens with one attached hydrogen (secondary N) is 3. The molecule has 1 atom stereocenters. The standard InChI is InChI=1S/C19H39N5O3/c1-15(2)13-16(24-9-11-26-12-10-24)14-23-17(20-6)21-7-8-22-18(25)27-19(3,4)5/h15-16H,7-14H2,1-6H3,(H,22,25)(H2,20,21,23). The molecule has 1 amide bonds. The average molecular weight is 386 g/mol. The Morgan fingerprint density at radius 3 is 2.33 bits per heavy atom. The van der Waals surface area contributed by atoms with Crippen molar-refractivity contribution in [1.29, 1.82) is 0 Å². The van der Waals surface area contributed by atoms with Crippen molar-refractivity contribution < 1.29 is 14.3 Å². The molecule has 158 valence electrons. The van der Waals surface area contributed by atoms with E-state index in [0.29, 0.717) is 25.0 Å². The maximum absolute atomic E-state index is 11.6. The number of nitrogens with zero attached hydrogens (tertiary/aromatic N) is 2. The zero-order valence-electron chi connectivity index (χ0n) is 17.9. The Morgan fingerprint density at radius 2 is 1.78 bits per heavy atom. The van der Waals surface area contributed by atoms with E-state index < -0.39 is 11.7 Å². The van der Waals surface area contributed by atoms with Gasteiger partial charge in [-0.15, -0.1) is 0 Å². The Morgan fingerprint density at radius 1 is 1.15 bits per heavy atom. The lowest BCUT2D eigenvalue weighted by Gasteiger charge is -2.35. The summed E-state index contributed by atoms with van der Waals surface area (Å²) >= 11 is 0. The van der Waals surface area contributed by atoms with Gasteiger partial charge in [-0.05, 0) is 33.1 Å². The minimum atomic E-state index is -0.486. The lowest BCUT2D eigenvalue weighted by atomic mass is 10.0. The number of amides is 1. The summed E-state index contributed by atoms with van der Waals surface area (Å²) in [6, 6.07) is 0.451. The largest absolute Gasteiger partial charge is 0.444 e. The van der Waals surface area contributed by atoms with Crippen LogP contribution >= 0.6 is 0 Å². The zero-order valence-corrected chi connectivity index (χ0v) is 17.9. The fourth-order valence-corrected chi connectivity index (χ4v) is 2.94. The molecule has 1 aliphatic heterocycles. The molecule has 8 heteroatoms. The van der Waals surface area contributed by atoms with Crippen LogP contribution in [0.4, 0.5) is 4.79 Å². The first-order valence-electron chi connectivity index (χ1n) is 9.94. The highest BCUT2D eigenvalue weighted by Gasteiger charge is 2.22. The third-order valence-corrected chi connectivity index (χ3v) is 4.12. The maximum atomic E-state index is 11.6. The number of aliphatic imine (C=N–C) groups is 1. The molecule has 1 rings (SSSR count). The number of guanidine groups is 1. The molecule has 8 nitrogen and oxygen atoms in total. The molecule has 3 N–H and O–H groups in total. The van der Waals surface area contributed by atoms with Gasteiger partial charge in [0.1, 0.15) is 5.60 Å².